The fourth-order valence-corrected chi connectivity index (χ4v) is 3.49. The number of urea groups is 1. The summed E-state index contributed by atoms with van der Waals surface area (Å²) in [4.78, 5) is 32.7. The number of hydrogen-bond acceptors (Lipinski definition) is 4. The van der Waals surface area contributed by atoms with Gasteiger partial charge in [-0.15, -0.1) is 0 Å². The second-order valence-electron chi connectivity index (χ2n) is 6.29. The van der Waals surface area contributed by atoms with E-state index in [9.17, 15) is 9.59 Å². The number of nitrogens with zero attached hydrogens (tertiary/aromatic N) is 5. The number of rotatable bonds is 3. The van der Waals surface area contributed by atoms with Crippen molar-refractivity contribution in [3.8, 4) is 0 Å². The van der Waals surface area contributed by atoms with Gasteiger partial charge in [0.1, 0.15) is 18.4 Å². The van der Waals surface area contributed by atoms with Crippen LogP contribution in [0.1, 0.15) is 36.1 Å². The van der Waals surface area contributed by atoms with Crippen LogP contribution in [0.2, 0.25) is 0 Å². The third kappa shape index (κ3) is 2.46. The Labute approximate surface area is 139 Å². The van der Waals surface area contributed by atoms with Crippen molar-refractivity contribution >= 4 is 11.9 Å². The van der Waals surface area contributed by atoms with Crippen LogP contribution in [0, 0.1) is 6.92 Å². The molecule has 2 aliphatic rings. The Morgan fingerprint density at radius 2 is 2.00 bits per heavy atom. The molecule has 3 amide bonds. The van der Waals surface area contributed by atoms with Crippen LogP contribution in [0.15, 0.2) is 30.3 Å². The third-order valence-corrected chi connectivity index (χ3v) is 4.55. The van der Waals surface area contributed by atoms with Crippen molar-refractivity contribution < 1.29 is 9.59 Å². The van der Waals surface area contributed by atoms with E-state index < -0.39 is 0 Å². The van der Waals surface area contributed by atoms with Gasteiger partial charge in [-0.05, 0) is 25.3 Å². The normalized spacial score (nSPS) is 20.6. The van der Waals surface area contributed by atoms with Crippen molar-refractivity contribution in [3.63, 3.8) is 0 Å². The number of hydrogen-bond donors (Lipinski definition) is 0. The van der Waals surface area contributed by atoms with Gasteiger partial charge < -0.3 is 4.90 Å². The Morgan fingerprint density at radius 3 is 2.79 bits per heavy atom. The highest BCUT2D eigenvalue weighted by Crippen LogP contribution is 2.32. The van der Waals surface area contributed by atoms with Crippen LogP contribution < -0.4 is 0 Å². The summed E-state index contributed by atoms with van der Waals surface area (Å²) in [6.07, 6.45) is 1.63. The smallest absolute Gasteiger partial charge is 0.311 e. The molecule has 1 aromatic heterocycles. The van der Waals surface area contributed by atoms with E-state index in [0.717, 1.165) is 30.8 Å². The van der Waals surface area contributed by atoms with E-state index in [2.05, 4.69) is 10.1 Å². The molecule has 2 aromatic rings. The predicted octanol–water partition coefficient (Wildman–Crippen LogP) is 1.89. The molecule has 1 atom stereocenters. The summed E-state index contributed by atoms with van der Waals surface area (Å²) in [6, 6.07) is 9.18. The zero-order valence-corrected chi connectivity index (χ0v) is 13.6. The van der Waals surface area contributed by atoms with Crippen molar-refractivity contribution in [3.05, 3.63) is 47.5 Å². The molecule has 0 radical (unpaired) electrons. The molecule has 0 saturated carbocycles. The average molecular weight is 325 g/mol. The Hall–Kier alpha value is -2.70. The molecule has 0 N–H and O–H groups in total. The van der Waals surface area contributed by atoms with Gasteiger partial charge in [-0.2, -0.15) is 5.10 Å². The van der Waals surface area contributed by atoms with Gasteiger partial charge in [0, 0.05) is 13.1 Å². The molecule has 2 aliphatic heterocycles. The largest absolute Gasteiger partial charge is 0.328 e. The van der Waals surface area contributed by atoms with E-state index in [1.54, 1.807) is 4.90 Å². The lowest BCUT2D eigenvalue weighted by atomic mass is 10.1. The molecular weight excluding hydrogens is 306 g/mol. The average Bonchev–Trinajstić information content (AvgIpc) is 3.08. The van der Waals surface area contributed by atoms with Crippen LogP contribution >= 0.6 is 0 Å². The topological polar surface area (TPSA) is 71.3 Å². The van der Waals surface area contributed by atoms with Gasteiger partial charge in [0.2, 0.25) is 0 Å². The predicted molar refractivity (Wildman–Crippen MR) is 85.8 cm³/mol. The molecule has 1 saturated heterocycles. The van der Waals surface area contributed by atoms with Gasteiger partial charge in [0.05, 0.1) is 0 Å². The van der Waals surface area contributed by atoms with E-state index in [0.29, 0.717) is 12.4 Å². The summed E-state index contributed by atoms with van der Waals surface area (Å²) in [5.74, 6) is 1.24. The monoisotopic (exact) mass is 325 g/mol. The summed E-state index contributed by atoms with van der Waals surface area (Å²) in [5, 5.41) is 4.35. The first-order valence-corrected chi connectivity index (χ1v) is 8.20. The fraction of sp³-hybridized carbons (Fsp3) is 0.412. The molecule has 7 nitrogen and oxygen atoms in total. The molecular formula is C17H19N5O2. The fourth-order valence-electron chi connectivity index (χ4n) is 3.49. The lowest BCUT2D eigenvalue weighted by Crippen LogP contribution is -2.39. The van der Waals surface area contributed by atoms with Crippen molar-refractivity contribution in [1.29, 1.82) is 0 Å². The molecule has 1 aromatic carbocycles. The summed E-state index contributed by atoms with van der Waals surface area (Å²) in [6.45, 7) is 3.19. The number of fused-ring (bicyclic) bond motifs is 1. The first-order chi connectivity index (χ1) is 11.6. The first-order valence-electron chi connectivity index (χ1n) is 8.20. The van der Waals surface area contributed by atoms with E-state index in [1.807, 2.05) is 41.9 Å². The Morgan fingerprint density at radius 1 is 1.21 bits per heavy atom. The minimum Gasteiger partial charge on any atom is -0.311 e. The molecule has 0 spiro atoms. The molecule has 0 bridgehead atoms. The van der Waals surface area contributed by atoms with Crippen LogP contribution in [0.5, 0.6) is 0 Å². The van der Waals surface area contributed by atoms with E-state index in [-0.39, 0.29) is 24.5 Å². The maximum absolute atomic E-state index is 12.8. The molecule has 124 valence electrons. The molecule has 24 heavy (non-hydrogen) atoms. The Bertz CT molecular complexity index is 786. The van der Waals surface area contributed by atoms with Gasteiger partial charge in [-0.1, -0.05) is 30.3 Å². The van der Waals surface area contributed by atoms with Gasteiger partial charge >= 0.3 is 6.03 Å². The molecule has 4 rings (SSSR count). The quantitative estimate of drug-likeness (QED) is 0.808. The zero-order chi connectivity index (χ0) is 16.7. The second-order valence-corrected chi connectivity index (χ2v) is 6.29. The lowest BCUT2D eigenvalue weighted by molar-refractivity contribution is -0.127. The van der Waals surface area contributed by atoms with Gasteiger partial charge in [-0.3, -0.25) is 9.69 Å². The van der Waals surface area contributed by atoms with Gasteiger partial charge in [-0.25, -0.2) is 14.5 Å². The summed E-state index contributed by atoms with van der Waals surface area (Å²) in [5.41, 5.74) is 1.02. The molecule has 1 fully saturated rings. The van der Waals surface area contributed by atoms with Crippen LogP contribution in [0.4, 0.5) is 4.79 Å². The number of aryl methyl sites for hydroxylation is 2. The minimum atomic E-state index is -0.305. The molecule has 0 unspecified atom stereocenters. The number of aromatic nitrogens is 3. The highest BCUT2D eigenvalue weighted by molar-refractivity contribution is 6.02. The summed E-state index contributed by atoms with van der Waals surface area (Å²) >= 11 is 0. The second kappa shape index (κ2) is 5.74. The molecule has 3 heterocycles. The molecule has 0 aliphatic carbocycles. The highest BCUT2D eigenvalue weighted by Gasteiger charge is 2.43. The van der Waals surface area contributed by atoms with Crippen LogP contribution in [0.3, 0.4) is 0 Å². The number of carbonyl (C=O) groups is 2. The molecule has 7 heteroatoms. The van der Waals surface area contributed by atoms with Crippen LogP contribution in [-0.2, 0) is 17.9 Å². The van der Waals surface area contributed by atoms with Crippen molar-refractivity contribution in [1.82, 2.24) is 24.6 Å². The Balaban J connectivity index is 1.58. The van der Waals surface area contributed by atoms with E-state index in [4.69, 9.17) is 0 Å². The third-order valence-electron chi connectivity index (χ3n) is 4.55. The maximum Gasteiger partial charge on any atom is 0.328 e. The first kappa shape index (κ1) is 14.9. The van der Waals surface area contributed by atoms with Crippen molar-refractivity contribution in [2.45, 2.75) is 38.9 Å². The minimum absolute atomic E-state index is 0.122. The number of carbonyl (C=O) groups excluding carboxylic acids is 2. The summed E-state index contributed by atoms with van der Waals surface area (Å²) < 4.78 is 1.82. The van der Waals surface area contributed by atoms with E-state index >= 15 is 0 Å². The Kier molecular flexibility index (Phi) is 3.55. The van der Waals surface area contributed by atoms with Crippen LogP contribution in [0.25, 0.3) is 0 Å². The van der Waals surface area contributed by atoms with Crippen molar-refractivity contribution in [2.24, 2.45) is 0 Å². The highest BCUT2D eigenvalue weighted by atomic mass is 16.2. The number of amides is 3. The van der Waals surface area contributed by atoms with E-state index in [1.165, 1.54) is 4.90 Å². The SMILES string of the molecule is Cc1nc2n(n1)CCC[C@H]2N1C(=O)CN(Cc2ccccc2)C1=O. The summed E-state index contributed by atoms with van der Waals surface area (Å²) in [7, 11) is 0. The zero-order valence-electron chi connectivity index (χ0n) is 13.6. The van der Waals surface area contributed by atoms with Crippen molar-refractivity contribution in [2.75, 3.05) is 6.54 Å². The standard InChI is InChI=1S/C17H19N5O2/c1-12-18-16-14(8-5-9-21(16)19-12)22-15(23)11-20(17(22)24)10-13-6-3-2-4-7-13/h2-4,6-7,14H,5,8-11H2,1H3/t14-/m1/s1. The van der Waals surface area contributed by atoms with Crippen LogP contribution in [-0.4, -0.2) is 43.0 Å². The van der Waals surface area contributed by atoms with Gasteiger partial charge in [0.25, 0.3) is 5.91 Å². The maximum atomic E-state index is 12.8. The number of imide groups is 1. The van der Waals surface area contributed by atoms with Gasteiger partial charge in [0.15, 0.2) is 5.82 Å². The lowest BCUT2D eigenvalue weighted by Gasteiger charge is -2.29. The number of benzene rings is 1.